The number of nitrogens with zero attached hydrogens (tertiary/aromatic N) is 1. The highest BCUT2D eigenvalue weighted by atomic mass is 79.9. The van der Waals surface area contributed by atoms with E-state index in [2.05, 4.69) is 26.0 Å². The fourth-order valence-corrected chi connectivity index (χ4v) is 4.10. The molecule has 2 rings (SSSR count). The summed E-state index contributed by atoms with van der Waals surface area (Å²) < 4.78 is 31.2. The molecule has 1 aromatic carbocycles. The van der Waals surface area contributed by atoms with E-state index in [4.69, 9.17) is 0 Å². The number of anilines is 1. The Hall–Kier alpha value is -1.75. The number of carbonyl (C=O) groups excluding carboxylic acids is 2. The first-order valence-electron chi connectivity index (χ1n) is 6.93. The van der Waals surface area contributed by atoms with Gasteiger partial charge in [-0.1, -0.05) is 15.9 Å². The summed E-state index contributed by atoms with van der Waals surface area (Å²) in [5.41, 5.74) is 0.222. The van der Waals surface area contributed by atoms with Gasteiger partial charge in [-0.15, -0.1) is 11.3 Å². The Bertz CT molecular complexity index is 878. The Labute approximate surface area is 157 Å². The van der Waals surface area contributed by atoms with Crippen LogP contribution in [-0.4, -0.2) is 45.3 Å². The summed E-state index contributed by atoms with van der Waals surface area (Å²) in [5, 5.41) is 4.47. The zero-order chi connectivity index (χ0) is 18.6. The van der Waals surface area contributed by atoms with Crippen molar-refractivity contribution in [2.75, 3.05) is 26.0 Å². The normalized spacial score (nSPS) is 11.4. The minimum Gasteiger partial charge on any atom is -0.465 e. The number of thiophene rings is 1. The number of benzene rings is 1. The molecule has 0 aliphatic rings. The fourth-order valence-electron chi connectivity index (χ4n) is 1.92. The number of halogens is 1. The summed E-state index contributed by atoms with van der Waals surface area (Å²) in [4.78, 5) is 23.8. The van der Waals surface area contributed by atoms with Crippen molar-refractivity contribution >= 4 is 54.2 Å². The third-order valence-corrected chi connectivity index (χ3v) is 6.39. The largest absolute Gasteiger partial charge is 0.465 e. The first-order chi connectivity index (χ1) is 11.8. The summed E-state index contributed by atoms with van der Waals surface area (Å²) in [6.45, 7) is -0.392. The zero-order valence-corrected chi connectivity index (χ0v) is 16.6. The predicted molar refractivity (Wildman–Crippen MR) is 98.2 cm³/mol. The van der Waals surface area contributed by atoms with Gasteiger partial charge in [0.15, 0.2) is 0 Å². The SMILES string of the molecule is COC(=O)c1ccsc1NC(=O)CN(C)S(=O)(=O)c1ccc(Br)cc1. The zero-order valence-electron chi connectivity index (χ0n) is 13.4. The Morgan fingerprint density at radius 3 is 2.48 bits per heavy atom. The average Bonchev–Trinajstić information content (AvgIpc) is 3.02. The maximum absolute atomic E-state index is 12.5. The van der Waals surface area contributed by atoms with E-state index in [1.54, 1.807) is 17.5 Å². The van der Waals surface area contributed by atoms with Crippen LogP contribution in [0.4, 0.5) is 5.00 Å². The molecule has 25 heavy (non-hydrogen) atoms. The number of rotatable bonds is 6. The number of ether oxygens (including phenoxy) is 1. The van der Waals surface area contributed by atoms with E-state index < -0.39 is 28.4 Å². The lowest BCUT2D eigenvalue weighted by Crippen LogP contribution is -2.35. The van der Waals surface area contributed by atoms with Crippen LogP contribution in [0, 0.1) is 0 Å². The Kier molecular flexibility index (Phi) is 6.33. The molecule has 0 fully saturated rings. The lowest BCUT2D eigenvalue weighted by Gasteiger charge is -2.17. The van der Waals surface area contributed by atoms with Crippen molar-refractivity contribution in [3.63, 3.8) is 0 Å². The number of hydrogen-bond acceptors (Lipinski definition) is 6. The number of amides is 1. The molecule has 1 heterocycles. The lowest BCUT2D eigenvalue weighted by atomic mass is 10.3. The number of likely N-dealkylation sites (N-methyl/N-ethyl adjacent to an activating group) is 1. The maximum atomic E-state index is 12.5. The van der Waals surface area contributed by atoms with Gasteiger partial charge in [0, 0.05) is 11.5 Å². The molecular weight excluding hydrogens is 432 g/mol. The second-order valence-corrected chi connectivity index (χ2v) is 8.79. The standard InChI is InChI=1S/C15H15BrN2O5S2/c1-18(25(21,22)11-5-3-10(16)4-6-11)9-13(19)17-14-12(7-8-24-14)15(20)23-2/h3-8H,9H2,1-2H3,(H,17,19). The van der Waals surface area contributed by atoms with Crippen LogP contribution in [0.25, 0.3) is 0 Å². The van der Waals surface area contributed by atoms with Crippen LogP contribution >= 0.6 is 27.3 Å². The van der Waals surface area contributed by atoms with Crippen LogP contribution in [-0.2, 0) is 19.6 Å². The predicted octanol–water partition coefficient (Wildman–Crippen LogP) is 2.56. The molecule has 0 bridgehead atoms. The van der Waals surface area contributed by atoms with E-state index in [0.717, 1.165) is 20.1 Å². The highest BCUT2D eigenvalue weighted by Crippen LogP contribution is 2.24. The molecule has 0 saturated carbocycles. The molecule has 0 atom stereocenters. The molecular formula is C15H15BrN2O5S2. The minimum absolute atomic E-state index is 0.0809. The average molecular weight is 447 g/mol. The monoisotopic (exact) mass is 446 g/mol. The molecule has 2 aromatic rings. The molecule has 1 amide bonds. The van der Waals surface area contributed by atoms with Crippen LogP contribution in [0.1, 0.15) is 10.4 Å². The molecule has 0 aliphatic carbocycles. The Morgan fingerprint density at radius 2 is 1.88 bits per heavy atom. The third kappa shape index (κ3) is 4.66. The highest BCUT2D eigenvalue weighted by Gasteiger charge is 2.24. The Balaban J connectivity index is 2.09. The van der Waals surface area contributed by atoms with E-state index in [-0.39, 0.29) is 10.5 Å². The van der Waals surface area contributed by atoms with Gasteiger partial charge in [0.1, 0.15) is 5.00 Å². The second kappa shape index (κ2) is 8.09. The van der Waals surface area contributed by atoms with E-state index in [9.17, 15) is 18.0 Å². The van der Waals surface area contributed by atoms with Crippen LogP contribution < -0.4 is 5.32 Å². The number of carbonyl (C=O) groups is 2. The number of sulfonamides is 1. The molecule has 0 saturated heterocycles. The number of hydrogen-bond donors (Lipinski definition) is 1. The molecule has 0 unspecified atom stereocenters. The van der Waals surface area contributed by atoms with Crippen molar-refractivity contribution in [2.24, 2.45) is 0 Å². The summed E-state index contributed by atoms with van der Waals surface area (Å²) in [7, 11) is -1.25. The minimum atomic E-state index is -3.80. The lowest BCUT2D eigenvalue weighted by molar-refractivity contribution is -0.116. The van der Waals surface area contributed by atoms with Crippen molar-refractivity contribution < 1.29 is 22.7 Å². The van der Waals surface area contributed by atoms with Gasteiger partial charge >= 0.3 is 5.97 Å². The molecule has 0 aliphatic heterocycles. The van der Waals surface area contributed by atoms with Gasteiger partial charge in [0.25, 0.3) is 0 Å². The summed E-state index contributed by atoms with van der Waals surface area (Å²) in [6.07, 6.45) is 0. The smallest absolute Gasteiger partial charge is 0.340 e. The van der Waals surface area contributed by atoms with Crippen molar-refractivity contribution in [1.82, 2.24) is 4.31 Å². The van der Waals surface area contributed by atoms with Gasteiger partial charge in [-0.2, -0.15) is 4.31 Å². The maximum Gasteiger partial charge on any atom is 0.340 e. The topological polar surface area (TPSA) is 92.8 Å². The number of methoxy groups -OCH3 is 1. The fraction of sp³-hybridized carbons (Fsp3) is 0.200. The molecule has 134 valence electrons. The highest BCUT2D eigenvalue weighted by molar-refractivity contribution is 9.10. The molecule has 1 N–H and O–H groups in total. The van der Waals surface area contributed by atoms with Crippen molar-refractivity contribution in [3.8, 4) is 0 Å². The molecule has 0 radical (unpaired) electrons. The molecule has 1 aromatic heterocycles. The molecule has 7 nitrogen and oxygen atoms in total. The third-order valence-electron chi connectivity index (χ3n) is 3.21. The van der Waals surface area contributed by atoms with Crippen molar-refractivity contribution in [2.45, 2.75) is 4.90 Å². The van der Waals surface area contributed by atoms with Gasteiger partial charge in [-0.25, -0.2) is 13.2 Å². The van der Waals surface area contributed by atoms with Gasteiger partial charge in [0.2, 0.25) is 15.9 Å². The van der Waals surface area contributed by atoms with Crippen LogP contribution in [0.2, 0.25) is 0 Å². The van der Waals surface area contributed by atoms with Crippen molar-refractivity contribution in [3.05, 3.63) is 45.7 Å². The van der Waals surface area contributed by atoms with Crippen molar-refractivity contribution in [1.29, 1.82) is 0 Å². The van der Waals surface area contributed by atoms with Crippen LogP contribution in [0.3, 0.4) is 0 Å². The summed E-state index contributed by atoms with van der Waals surface area (Å²) in [6, 6.07) is 7.63. The first-order valence-corrected chi connectivity index (χ1v) is 10.0. The molecule has 0 spiro atoms. The quantitative estimate of drug-likeness (QED) is 0.688. The second-order valence-electron chi connectivity index (χ2n) is 4.92. The first kappa shape index (κ1) is 19.6. The summed E-state index contributed by atoms with van der Waals surface area (Å²) in [5.74, 6) is -1.14. The van der Waals surface area contributed by atoms with Gasteiger partial charge in [-0.3, -0.25) is 4.79 Å². The van der Waals surface area contributed by atoms with Gasteiger partial charge in [0.05, 0.1) is 24.1 Å². The van der Waals surface area contributed by atoms with Crippen LogP contribution in [0.5, 0.6) is 0 Å². The van der Waals surface area contributed by atoms with Gasteiger partial charge in [-0.05, 0) is 35.7 Å². The van der Waals surface area contributed by atoms with E-state index in [0.29, 0.717) is 5.00 Å². The van der Waals surface area contributed by atoms with E-state index in [1.165, 1.54) is 32.4 Å². The number of esters is 1. The number of nitrogens with one attached hydrogen (secondary N) is 1. The van der Waals surface area contributed by atoms with Gasteiger partial charge < -0.3 is 10.1 Å². The Morgan fingerprint density at radius 1 is 1.24 bits per heavy atom. The molecule has 10 heteroatoms. The van der Waals surface area contributed by atoms with Crippen LogP contribution in [0.15, 0.2) is 45.1 Å². The summed E-state index contributed by atoms with van der Waals surface area (Å²) >= 11 is 4.39. The van der Waals surface area contributed by atoms with E-state index >= 15 is 0 Å². The van der Waals surface area contributed by atoms with E-state index in [1.807, 2.05) is 0 Å².